The van der Waals surface area contributed by atoms with Gasteiger partial charge < -0.3 is 14.0 Å². The summed E-state index contributed by atoms with van der Waals surface area (Å²) >= 11 is 0. The molecule has 88 valence electrons. The Morgan fingerprint density at radius 2 is 1.88 bits per heavy atom. The van der Waals surface area contributed by atoms with E-state index in [1.165, 1.54) is 0 Å². The summed E-state index contributed by atoms with van der Waals surface area (Å²) < 4.78 is 15.4. The van der Waals surface area contributed by atoms with Crippen LogP contribution in [0.25, 0.3) is 0 Å². The summed E-state index contributed by atoms with van der Waals surface area (Å²) in [5.74, 6) is -0.842. The van der Waals surface area contributed by atoms with Crippen molar-refractivity contribution in [3.05, 3.63) is 0 Å². The summed E-state index contributed by atoms with van der Waals surface area (Å²) in [6.45, 7) is 1.27. The van der Waals surface area contributed by atoms with Gasteiger partial charge in [0, 0.05) is 12.4 Å². The van der Waals surface area contributed by atoms with Gasteiger partial charge in [0.1, 0.15) is 0 Å². The van der Waals surface area contributed by atoms with Crippen LogP contribution in [0, 0.1) is 0 Å². The van der Waals surface area contributed by atoms with Crippen LogP contribution in [0.1, 0.15) is 12.8 Å². The van der Waals surface area contributed by atoms with Gasteiger partial charge in [0.15, 0.2) is 0 Å². The fourth-order valence-electron chi connectivity index (χ4n) is 1.81. The Morgan fingerprint density at radius 3 is 2.44 bits per heavy atom. The van der Waals surface area contributed by atoms with Crippen LogP contribution in [0.5, 0.6) is 0 Å². The maximum absolute atomic E-state index is 11.3. The second-order valence-electron chi connectivity index (χ2n) is 3.93. The first-order valence-corrected chi connectivity index (χ1v) is 5.43. The van der Waals surface area contributed by atoms with Crippen molar-refractivity contribution in [2.45, 2.75) is 18.7 Å². The molecule has 2 saturated heterocycles. The maximum atomic E-state index is 11.3. The third-order valence-electron chi connectivity index (χ3n) is 2.61. The highest BCUT2D eigenvalue weighted by Gasteiger charge is 2.39. The van der Waals surface area contributed by atoms with Crippen molar-refractivity contribution in [1.82, 2.24) is 5.32 Å². The molecule has 2 rings (SSSR count). The van der Waals surface area contributed by atoms with Gasteiger partial charge >= 0.3 is 19.1 Å². The topological polar surface area (TPSA) is 73.9 Å². The second kappa shape index (κ2) is 5.31. The lowest BCUT2D eigenvalue weighted by Crippen LogP contribution is -2.45. The molecule has 0 radical (unpaired) electrons. The molecule has 0 saturated carbocycles. The zero-order chi connectivity index (χ0) is 11.4. The molecule has 16 heavy (non-hydrogen) atoms. The van der Waals surface area contributed by atoms with Crippen LogP contribution < -0.4 is 5.32 Å². The molecule has 2 aliphatic heterocycles. The van der Waals surface area contributed by atoms with Crippen LogP contribution in [-0.4, -0.2) is 45.4 Å². The van der Waals surface area contributed by atoms with Crippen molar-refractivity contribution in [3.63, 3.8) is 0 Å². The Bertz CT molecular complexity index is 261. The van der Waals surface area contributed by atoms with Gasteiger partial charge in [-0.3, -0.25) is 14.9 Å². The Balaban J connectivity index is 1.97. The van der Waals surface area contributed by atoms with Crippen molar-refractivity contribution in [1.29, 1.82) is 0 Å². The summed E-state index contributed by atoms with van der Waals surface area (Å²) in [4.78, 5) is 22.6. The number of carbonyl (C=O) groups excluding carboxylic acids is 2. The van der Waals surface area contributed by atoms with E-state index >= 15 is 0 Å². The molecule has 0 amide bonds. The number of hydrogen-bond donors (Lipinski definition) is 1. The minimum absolute atomic E-state index is 0.0409. The van der Waals surface area contributed by atoms with Crippen molar-refractivity contribution in [3.8, 4) is 0 Å². The predicted octanol–water partition coefficient (Wildman–Crippen LogP) is -0.655. The predicted molar refractivity (Wildman–Crippen MR) is 54.6 cm³/mol. The van der Waals surface area contributed by atoms with E-state index < -0.39 is 19.1 Å². The van der Waals surface area contributed by atoms with E-state index in [0.29, 0.717) is 13.2 Å². The first-order chi connectivity index (χ1) is 7.75. The van der Waals surface area contributed by atoms with E-state index in [9.17, 15) is 9.59 Å². The third-order valence-corrected chi connectivity index (χ3v) is 2.61. The van der Waals surface area contributed by atoms with E-state index in [4.69, 9.17) is 14.0 Å². The van der Waals surface area contributed by atoms with Gasteiger partial charge in [0.25, 0.3) is 0 Å². The Kier molecular flexibility index (Phi) is 3.79. The molecular weight excluding hydrogens is 213 g/mol. The van der Waals surface area contributed by atoms with Gasteiger partial charge in [-0.2, -0.15) is 0 Å². The van der Waals surface area contributed by atoms with E-state index in [-0.39, 0.29) is 18.9 Å². The zero-order valence-corrected chi connectivity index (χ0v) is 8.94. The Morgan fingerprint density at radius 1 is 1.19 bits per heavy atom. The fraction of sp³-hybridized carbons (Fsp3) is 0.778. The summed E-state index contributed by atoms with van der Waals surface area (Å²) in [7, 11) is -0.789. The lowest BCUT2D eigenvalue weighted by atomic mass is 9.69. The third kappa shape index (κ3) is 2.96. The highest BCUT2D eigenvalue weighted by molar-refractivity contribution is 6.51. The van der Waals surface area contributed by atoms with E-state index in [0.717, 1.165) is 12.8 Å². The average Bonchev–Trinajstić information content (AvgIpc) is 2.27. The molecule has 6 nitrogen and oxygen atoms in total. The second-order valence-corrected chi connectivity index (χ2v) is 3.93. The molecule has 1 N–H and O–H groups in total. The van der Waals surface area contributed by atoms with E-state index in [1.807, 2.05) is 0 Å². The number of ether oxygens (including phenoxy) is 1. The van der Waals surface area contributed by atoms with Gasteiger partial charge in [-0.1, -0.05) is 0 Å². The zero-order valence-electron chi connectivity index (χ0n) is 8.94. The minimum atomic E-state index is -0.789. The summed E-state index contributed by atoms with van der Waals surface area (Å²) in [6.07, 6.45) is 1.74. The molecule has 0 bridgehead atoms. The van der Waals surface area contributed by atoms with Crippen LogP contribution in [0.4, 0.5) is 0 Å². The molecule has 2 heterocycles. The molecule has 1 atom stereocenters. The largest absolute Gasteiger partial charge is 0.604 e. The number of carbonyl (C=O) groups is 2. The molecule has 1 unspecified atom stereocenters. The van der Waals surface area contributed by atoms with Gasteiger partial charge in [-0.25, -0.2) is 0 Å². The number of hydrogen-bond acceptors (Lipinski definition) is 6. The highest BCUT2D eigenvalue weighted by Crippen LogP contribution is 2.24. The van der Waals surface area contributed by atoms with E-state index in [1.54, 1.807) is 0 Å². The summed E-state index contributed by atoms with van der Waals surface area (Å²) in [5.41, 5.74) is 0. The van der Waals surface area contributed by atoms with Crippen LogP contribution in [-0.2, 0) is 23.6 Å². The molecular formula is C9H14BNO5. The molecule has 0 aromatic carbocycles. The molecule has 2 aliphatic rings. The standard InChI is InChI=1S/C9H14BNO5/c12-8-4-11-5-9(13)16-10(15-8)7-2-1-3-14-6-7/h7,11H,1-6H2. The van der Waals surface area contributed by atoms with Crippen LogP contribution in [0.3, 0.4) is 0 Å². The Hall–Kier alpha value is -1.08. The quantitative estimate of drug-likeness (QED) is 0.599. The fourth-order valence-corrected chi connectivity index (χ4v) is 1.81. The first-order valence-electron chi connectivity index (χ1n) is 5.43. The first kappa shape index (κ1) is 11.4. The molecule has 0 spiro atoms. The van der Waals surface area contributed by atoms with Crippen molar-refractivity contribution < 1.29 is 23.6 Å². The SMILES string of the molecule is O=C1CNCC(=O)OB(C2CCCOC2)O1. The molecule has 0 aliphatic carbocycles. The summed E-state index contributed by atoms with van der Waals surface area (Å²) in [6, 6.07) is 0. The molecule has 0 aromatic rings. The lowest BCUT2D eigenvalue weighted by molar-refractivity contribution is -0.142. The number of rotatable bonds is 1. The van der Waals surface area contributed by atoms with Gasteiger partial charge in [0.05, 0.1) is 19.7 Å². The molecule has 0 aromatic heterocycles. The van der Waals surface area contributed by atoms with Crippen molar-refractivity contribution in [2.75, 3.05) is 26.3 Å². The van der Waals surface area contributed by atoms with Crippen molar-refractivity contribution in [2.24, 2.45) is 0 Å². The molecule has 7 heteroatoms. The maximum Gasteiger partial charge on any atom is 0.604 e. The average molecular weight is 227 g/mol. The van der Waals surface area contributed by atoms with Gasteiger partial charge in [-0.05, 0) is 12.8 Å². The minimum Gasteiger partial charge on any atom is -0.498 e. The smallest absolute Gasteiger partial charge is 0.498 e. The van der Waals surface area contributed by atoms with Crippen LogP contribution in [0.2, 0.25) is 5.82 Å². The van der Waals surface area contributed by atoms with Crippen LogP contribution in [0.15, 0.2) is 0 Å². The number of nitrogens with one attached hydrogen (secondary N) is 1. The van der Waals surface area contributed by atoms with E-state index in [2.05, 4.69) is 5.32 Å². The Labute approximate surface area is 93.8 Å². The van der Waals surface area contributed by atoms with Crippen molar-refractivity contribution >= 4 is 19.1 Å². The molecule has 2 fully saturated rings. The normalized spacial score (nSPS) is 27.8. The lowest BCUT2D eigenvalue weighted by Gasteiger charge is -2.26. The van der Waals surface area contributed by atoms with Crippen LogP contribution >= 0.6 is 0 Å². The monoisotopic (exact) mass is 227 g/mol. The van der Waals surface area contributed by atoms with Gasteiger partial charge in [0.2, 0.25) is 0 Å². The van der Waals surface area contributed by atoms with Gasteiger partial charge in [-0.15, -0.1) is 0 Å². The highest BCUT2D eigenvalue weighted by atomic mass is 16.6. The summed E-state index contributed by atoms with van der Waals surface area (Å²) in [5, 5.41) is 2.63.